The standard InChI is InChI=1S/C13H21N/c1-9(2)11-7-6-10(3)12(8-11)13(4,5)14/h6-9H,14H2,1-5H3. The Morgan fingerprint density at radius 2 is 1.79 bits per heavy atom. The Bertz CT molecular complexity index is 318. The van der Waals surface area contributed by atoms with E-state index in [9.17, 15) is 0 Å². The smallest absolute Gasteiger partial charge is 0.0355 e. The summed E-state index contributed by atoms with van der Waals surface area (Å²) in [6, 6.07) is 6.59. The van der Waals surface area contributed by atoms with Gasteiger partial charge in [0.25, 0.3) is 0 Å². The zero-order valence-corrected chi connectivity index (χ0v) is 9.89. The number of benzene rings is 1. The maximum Gasteiger partial charge on any atom is 0.0355 e. The van der Waals surface area contributed by atoms with Crippen LogP contribution in [0.15, 0.2) is 18.2 Å². The van der Waals surface area contributed by atoms with E-state index < -0.39 is 0 Å². The third kappa shape index (κ3) is 2.36. The van der Waals surface area contributed by atoms with Gasteiger partial charge in [-0.05, 0) is 43.4 Å². The molecule has 0 spiro atoms. The molecule has 0 aromatic heterocycles. The summed E-state index contributed by atoms with van der Waals surface area (Å²) in [6.07, 6.45) is 0. The maximum atomic E-state index is 6.13. The summed E-state index contributed by atoms with van der Waals surface area (Å²) in [5.41, 5.74) is 9.78. The predicted molar refractivity (Wildman–Crippen MR) is 62.5 cm³/mol. The van der Waals surface area contributed by atoms with Crippen molar-refractivity contribution in [3.8, 4) is 0 Å². The molecule has 1 rings (SSSR count). The fourth-order valence-corrected chi connectivity index (χ4v) is 1.69. The van der Waals surface area contributed by atoms with Gasteiger partial charge in [0, 0.05) is 5.54 Å². The lowest BCUT2D eigenvalue weighted by molar-refractivity contribution is 0.549. The van der Waals surface area contributed by atoms with E-state index in [-0.39, 0.29) is 5.54 Å². The Balaban J connectivity index is 3.22. The van der Waals surface area contributed by atoms with E-state index in [0.29, 0.717) is 5.92 Å². The SMILES string of the molecule is Cc1ccc(C(C)C)cc1C(C)(C)N. The van der Waals surface area contributed by atoms with E-state index in [1.54, 1.807) is 0 Å². The van der Waals surface area contributed by atoms with Gasteiger partial charge in [0.05, 0.1) is 0 Å². The summed E-state index contributed by atoms with van der Waals surface area (Å²) in [4.78, 5) is 0. The molecule has 0 saturated carbocycles. The van der Waals surface area contributed by atoms with Gasteiger partial charge in [-0.2, -0.15) is 0 Å². The third-order valence-electron chi connectivity index (χ3n) is 2.62. The van der Waals surface area contributed by atoms with Crippen LogP contribution in [-0.4, -0.2) is 0 Å². The molecule has 0 saturated heterocycles. The van der Waals surface area contributed by atoms with E-state index in [1.807, 2.05) is 0 Å². The monoisotopic (exact) mass is 191 g/mol. The highest BCUT2D eigenvalue weighted by Crippen LogP contribution is 2.25. The molecule has 0 atom stereocenters. The molecule has 1 heteroatoms. The highest BCUT2D eigenvalue weighted by molar-refractivity contribution is 5.36. The van der Waals surface area contributed by atoms with Gasteiger partial charge >= 0.3 is 0 Å². The lowest BCUT2D eigenvalue weighted by Crippen LogP contribution is -2.29. The average Bonchev–Trinajstić information content (AvgIpc) is 2.02. The third-order valence-corrected chi connectivity index (χ3v) is 2.62. The second-order valence-electron chi connectivity index (χ2n) is 4.95. The highest BCUT2D eigenvalue weighted by Gasteiger charge is 2.17. The first-order valence-corrected chi connectivity index (χ1v) is 5.22. The van der Waals surface area contributed by atoms with Crippen LogP contribution in [0.2, 0.25) is 0 Å². The number of hydrogen-bond donors (Lipinski definition) is 1. The van der Waals surface area contributed by atoms with Gasteiger partial charge in [-0.25, -0.2) is 0 Å². The molecule has 0 amide bonds. The van der Waals surface area contributed by atoms with Gasteiger partial charge in [-0.3, -0.25) is 0 Å². The molecule has 2 N–H and O–H groups in total. The molecular weight excluding hydrogens is 170 g/mol. The summed E-state index contributed by atoms with van der Waals surface area (Å²) in [7, 11) is 0. The summed E-state index contributed by atoms with van der Waals surface area (Å²) in [5, 5.41) is 0. The molecule has 0 aliphatic heterocycles. The zero-order valence-electron chi connectivity index (χ0n) is 9.89. The second-order valence-corrected chi connectivity index (χ2v) is 4.95. The molecule has 0 fully saturated rings. The minimum atomic E-state index is -0.241. The van der Waals surface area contributed by atoms with Crippen LogP contribution in [-0.2, 0) is 5.54 Å². The number of aryl methyl sites for hydroxylation is 1. The van der Waals surface area contributed by atoms with Gasteiger partial charge < -0.3 is 5.73 Å². The van der Waals surface area contributed by atoms with Crippen molar-refractivity contribution in [1.29, 1.82) is 0 Å². The first-order chi connectivity index (χ1) is 6.32. The van der Waals surface area contributed by atoms with Crippen molar-refractivity contribution in [3.63, 3.8) is 0 Å². The molecule has 14 heavy (non-hydrogen) atoms. The van der Waals surface area contributed by atoms with Gasteiger partial charge in [0.1, 0.15) is 0 Å². The molecule has 0 aliphatic carbocycles. The molecule has 0 heterocycles. The number of rotatable bonds is 2. The highest BCUT2D eigenvalue weighted by atomic mass is 14.7. The van der Waals surface area contributed by atoms with E-state index in [0.717, 1.165) is 0 Å². The lowest BCUT2D eigenvalue weighted by Gasteiger charge is -2.23. The quantitative estimate of drug-likeness (QED) is 0.762. The molecule has 1 aromatic rings. The van der Waals surface area contributed by atoms with Crippen molar-refractivity contribution in [2.45, 2.75) is 46.1 Å². The van der Waals surface area contributed by atoms with Crippen LogP contribution >= 0.6 is 0 Å². The molecule has 1 aromatic carbocycles. The molecule has 78 valence electrons. The second kappa shape index (κ2) is 3.74. The Morgan fingerprint density at radius 3 is 2.21 bits per heavy atom. The van der Waals surface area contributed by atoms with Gasteiger partial charge in [0.15, 0.2) is 0 Å². The van der Waals surface area contributed by atoms with Crippen LogP contribution in [0.3, 0.4) is 0 Å². The Morgan fingerprint density at radius 1 is 1.21 bits per heavy atom. The van der Waals surface area contributed by atoms with Crippen LogP contribution < -0.4 is 5.73 Å². The van der Waals surface area contributed by atoms with Crippen molar-refractivity contribution in [2.75, 3.05) is 0 Å². The minimum Gasteiger partial charge on any atom is -0.322 e. The van der Waals surface area contributed by atoms with Crippen molar-refractivity contribution >= 4 is 0 Å². The zero-order chi connectivity index (χ0) is 10.9. The van der Waals surface area contributed by atoms with Crippen LogP contribution in [0.1, 0.15) is 50.3 Å². The molecule has 0 bridgehead atoms. The van der Waals surface area contributed by atoms with E-state index in [4.69, 9.17) is 5.73 Å². The molecule has 0 radical (unpaired) electrons. The maximum absolute atomic E-state index is 6.13. The van der Waals surface area contributed by atoms with Crippen LogP contribution in [0, 0.1) is 6.92 Å². The largest absolute Gasteiger partial charge is 0.322 e. The Kier molecular flexibility index (Phi) is 3.01. The van der Waals surface area contributed by atoms with Crippen molar-refractivity contribution in [2.24, 2.45) is 5.73 Å². The van der Waals surface area contributed by atoms with Crippen LogP contribution in [0.4, 0.5) is 0 Å². The van der Waals surface area contributed by atoms with Crippen molar-refractivity contribution in [3.05, 3.63) is 34.9 Å². The van der Waals surface area contributed by atoms with Crippen molar-refractivity contribution < 1.29 is 0 Å². The fraction of sp³-hybridized carbons (Fsp3) is 0.538. The minimum absolute atomic E-state index is 0.241. The van der Waals surface area contributed by atoms with Crippen LogP contribution in [0.5, 0.6) is 0 Å². The molecular formula is C13H21N. The molecule has 1 nitrogen and oxygen atoms in total. The van der Waals surface area contributed by atoms with Crippen LogP contribution in [0.25, 0.3) is 0 Å². The van der Waals surface area contributed by atoms with E-state index in [2.05, 4.69) is 52.8 Å². The lowest BCUT2D eigenvalue weighted by atomic mass is 9.88. The van der Waals surface area contributed by atoms with Gasteiger partial charge in [0.2, 0.25) is 0 Å². The normalized spacial score (nSPS) is 12.2. The summed E-state index contributed by atoms with van der Waals surface area (Å²) in [5.74, 6) is 0.566. The summed E-state index contributed by atoms with van der Waals surface area (Å²) in [6.45, 7) is 10.6. The van der Waals surface area contributed by atoms with Gasteiger partial charge in [-0.15, -0.1) is 0 Å². The summed E-state index contributed by atoms with van der Waals surface area (Å²) >= 11 is 0. The summed E-state index contributed by atoms with van der Waals surface area (Å²) < 4.78 is 0. The predicted octanol–water partition coefficient (Wildman–Crippen LogP) is 3.31. The first-order valence-electron chi connectivity index (χ1n) is 5.22. The number of hydrogen-bond acceptors (Lipinski definition) is 1. The molecule has 0 unspecified atom stereocenters. The van der Waals surface area contributed by atoms with E-state index in [1.165, 1.54) is 16.7 Å². The Labute approximate surface area is 87.3 Å². The Hall–Kier alpha value is -0.820. The first kappa shape index (κ1) is 11.3. The average molecular weight is 191 g/mol. The van der Waals surface area contributed by atoms with Crippen molar-refractivity contribution in [1.82, 2.24) is 0 Å². The van der Waals surface area contributed by atoms with Gasteiger partial charge in [-0.1, -0.05) is 32.0 Å². The fourth-order valence-electron chi connectivity index (χ4n) is 1.69. The molecule has 0 aliphatic rings. The number of nitrogens with two attached hydrogens (primary N) is 1. The van der Waals surface area contributed by atoms with E-state index >= 15 is 0 Å². The topological polar surface area (TPSA) is 26.0 Å².